The molecule has 2 aromatic heterocycles. The van der Waals surface area contributed by atoms with Crippen molar-refractivity contribution in [1.82, 2.24) is 14.8 Å². The van der Waals surface area contributed by atoms with Crippen molar-refractivity contribution in [2.24, 2.45) is 7.05 Å². The van der Waals surface area contributed by atoms with Gasteiger partial charge >= 0.3 is 0 Å². The lowest BCUT2D eigenvalue weighted by molar-refractivity contribution is 0.595. The molecule has 0 bridgehead atoms. The number of anilines is 1. The second-order valence-electron chi connectivity index (χ2n) is 4.87. The summed E-state index contributed by atoms with van der Waals surface area (Å²) in [6, 6.07) is 6.47. The monoisotopic (exact) mass is 320 g/mol. The van der Waals surface area contributed by atoms with Crippen LogP contribution in [0.2, 0.25) is 0 Å². The largest absolute Gasteiger partial charge is 0.278 e. The predicted octanol–water partition coefficient (Wildman–Crippen LogP) is 2.22. The molecule has 0 unspecified atom stereocenters. The minimum Gasteiger partial charge on any atom is -0.278 e. The Labute approximate surface area is 126 Å². The Bertz CT molecular complexity index is 966. The zero-order chi connectivity index (χ0) is 15.9. The van der Waals surface area contributed by atoms with Crippen molar-refractivity contribution in [3.63, 3.8) is 0 Å². The molecule has 2 heterocycles. The fourth-order valence-electron chi connectivity index (χ4n) is 2.21. The average molecular weight is 320 g/mol. The van der Waals surface area contributed by atoms with Gasteiger partial charge in [-0.1, -0.05) is 6.07 Å². The minimum absolute atomic E-state index is 0.143. The van der Waals surface area contributed by atoms with Crippen LogP contribution in [-0.4, -0.2) is 23.2 Å². The van der Waals surface area contributed by atoms with Crippen LogP contribution in [0.1, 0.15) is 5.69 Å². The lowest BCUT2D eigenvalue weighted by Crippen LogP contribution is -2.13. The third-order valence-corrected chi connectivity index (χ3v) is 4.60. The molecule has 114 valence electrons. The number of aryl methyl sites for hydroxylation is 2. The second-order valence-corrected chi connectivity index (χ2v) is 6.55. The molecule has 0 amide bonds. The van der Waals surface area contributed by atoms with Crippen molar-refractivity contribution in [2.45, 2.75) is 11.8 Å². The van der Waals surface area contributed by atoms with Gasteiger partial charge in [-0.3, -0.25) is 9.40 Å². The highest BCUT2D eigenvalue weighted by molar-refractivity contribution is 7.92. The van der Waals surface area contributed by atoms with Gasteiger partial charge in [-0.2, -0.15) is 5.10 Å². The van der Waals surface area contributed by atoms with Crippen molar-refractivity contribution in [3.05, 3.63) is 48.0 Å². The summed E-state index contributed by atoms with van der Waals surface area (Å²) in [6.07, 6.45) is 1.40. The van der Waals surface area contributed by atoms with Gasteiger partial charge in [0.25, 0.3) is 10.0 Å². The van der Waals surface area contributed by atoms with Gasteiger partial charge in [0.15, 0.2) is 5.65 Å². The summed E-state index contributed by atoms with van der Waals surface area (Å²) in [6.45, 7) is 1.81. The molecule has 0 saturated heterocycles. The normalized spacial score (nSPS) is 11.8. The Morgan fingerprint density at radius 2 is 2.05 bits per heavy atom. The molecule has 0 aliphatic carbocycles. The molecule has 1 aromatic carbocycles. The second kappa shape index (κ2) is 5.06. The average Bonchev–Trinajstić information content (AvgIpc) is 2.73. The van der Waals surface area contributed by atoms with E-state index in [0.29, 0.717) is 11.3 Å². The molecule has 0 atom stereocenters. The molecule has 22 heavy (non-hydrogen) atoms. The maximum atomic E-state index is 13.2. The standard InChI is InChI=1S/C14H13FN4O2S/c1-9-13-7-11(8-16-14(13)19(2)17-9)18-22(20,21)12-5-3-4-10(15)6-12/h3-8,18H,1-2H3. The highest BCUT2D eigenvalue weighted by Gasteiger charge is 2.16. The number of hydrogen-bond donors (Lipinski definition) is 1. The first-order chi connectivity index (χ1) is 10.4. The number of nitrogens with one attached hydrogen (secondary N) is 1. The van der Waals surface area contributed by atoms with Gasteiger partial charge in [-0.05, 0) is 31.2 Å². The van der Waals surface area contributed by atoms with E-state index in [-0.39, 0.29) is 4.90 Å². The van der Waals surface area contributed by atoms with Gasteiger partial charge in [0.05, 0.1) is 22.5 Å². The summed E-state index contributed by atoms with van der Waals surface area (Å²) in [4.78, 5) is 4.05. The Hall–Kier alpha value is -2.48. The summed E-state index contributed by atoms with van der Waals surface area (Å²) in [5.74, 6) is -0.612. The zero-order valence-corrected chi connectivity index (χ0v) is 12.7. The van der Waals surface area contributed by atoms with Crippen molar-refractivity contribution >= 4 is 26.7 Å². The van der Waals surface area contributed by atoms with Crippen LogP contribution in [0.5, 0.6) is 0 Å². The Morgan fingerprint density at radius 1 is 1.27 bits per heavy atom. The van der Waals surface area contributed by atoms with Crippen LogP contribution in [0, 0.1) is 12.7 Å². The molecule has 6 nitrogen and oxygen atoms in total. The van der Waals surface area contributed by atoms with Gasteiger partial charge in [0.1, 0.15) is 5.82 Å². The molecular formula is C14H13FN4O2S. The molecule has 3 aromatic rings. The fourth-order valence-corrected chi connectivity index (χ4v) is 3.28. The number of sulfonamides is 1. The zero-order valence-electron chi connectivity index (χ0n) is 11.9. The third-order valence-electron chi connectivity index (χ3n) is 3.22. The molecule has 0 saturated carbocycles. The van der Waals surface area contributed by atoms with E-state index in [1.165, 1.54) is 24.4 Å². The lowest BCUT2D eigenvalue weighted by Gasteiger charge is -2.08. The fraction of sp³-hybridized carbons (Fsp3) is 0.143. The van der Waals surface area contributed by atoms with Crippen LogP contribution >= 0.6 is 0 Å². The number of pyridine rings is 1. The van der Waals surface area contributed by atoms with E-state index in [4.69, 9.17) is 0 Å². The summed E-state index contributed by atoms with van der Waals surface area (Å²) < 4.78 is 41.7. The van der Waals surface area contributed by atoms with E-state index >= 15 is 0 Å². The van der Waals surface area contributed by atoms with E-state index in [9.17, 15) is 12.8 Å². The number of halogens is 1. The number of hydrogen-bond acceptors (Lipinski definition) is 4. The minimum atomic E-state index is -3.87. The molecule has 0 fully saturated rings. The molecule has 3 rings (SSSR count). The third kappa shape index (κ3) is 2.52. The van der Waals surface area contributed by atoms with E-state index in [1.54, 1.807) is 17.8 Å². The van der Waals surface area contributed by atoms with Crippen molar-refractivity contribution in [3.8, 4) is 0 Å². The molecule has 8 heteroatoms. The number of benzene rings is 1. The maximum absolute atomic E-state index is 13.2. The van der Waals surface area contributed by atoms with Gasteiger partial charge in [-0.15, -0.1) is 0 Å². The van der Waals surface area contributed by atoms with Gasteiger partial charge < -0.3 is 0 Å². The molecule has 0 aliphatic rings. The summed E-state index contributed by atoms with van der Waals surface area (Å²) >= 11 is 0. The van der Waals surface area contributed by atoms with Crippen molar-refractivity contribution in [1.29, 1.82) is 0 Å². The summed E-state index contributed by atoms with van der Waals surface area (Å²) in [5.41, 5.74) is 1.70. The van der Waals surface area contributed by atoms with Gasteiger partial charge in [0, 0.05) is 12.4 Å². The molecule has 0 aliphatic heterocycles. The topological polar surface area (TPSA) is 76.9 Å². The van der Waals surface area contributed by atoms with Crippen molar-refractivity contribution in [2.75, 3.05) is 4.72 Å². The molecule has 0 radical (unpaired) electrons. The first kappa shape index (κ1) is 14.5. The highest BCUT2D eigenvalue weighted by Crippen LogP contribution is 2.22. The van der Waals surface area contributed by atoms with Crippen LogP contribution in [0.3, 0.4) is 0 Å². The lowest BCUT2D eigenvalue weighted by atomic mass is 10.3. The number of aromatic nitrogens is 3. The summed E-state index contributed by atoms with van der Waals surface area (Å²) in [7, 11) is -2.10. The summed E-state index contributed by atoms with van der Waals surface area (Å²) in [5, 5.41) is 4.98. The van der Waals surface area contributed by atoms with Gasteiger partial charge in [-0.25, -0.2) is 17.8 Å². The Morgan fingerprint density at radius 3 is 2.77 bits per heavy atom. The maximum Gasteiger partial charge on any atom is 0.262 e. The van der Waals surface area contributed by atoms with Crippen LogP contribution in [0.4, 0.5) is 10.1 Å². The quantitative estimate of drug-likeness (QED) is 0.803. The van der Waals surface area contributed by atoms with Crippen LogP contribution in [0.25, 0.3) is 11.0 Å². The predicted molar refractivity (Wildman–Crippen MR) is 80.5 cm³/mol. The van der Waals surface area contributed by atoms with Crippen LogP contribution in [-0.2, 0) is 17.1 Å². The van der Waals surface area contributed by atoms with Crippen molar-refractivity contribution < 1.29 is 12.8 Å². The Balaban J connectivity index is 2.00. The number of rotatable bonds is 3. The number of fused-ring (bicyclic) bond motifs is 1. The van der Waals surface area contributed by atoms with Crippen LogP contribution in [0.15, 0.2) is 41.4 Å². The SMILES string of the molecule is Cc1nn(C)c2ncc(NS(=O)(=O)c3cccc(F)c3)cc12. The molecule has 0 spiro atoms. The van der Waals surface area contributed by atoms with E-state index in [1.807, 2.05) is 6.92 Å². The van der Waals surface area contributed by atoms with E-state index < -0.39 is 15.8 Å². The van der Waals surface area contributed by atoms with Gasteiger partial charge in [0.2, 0.25) is 0 Å². The van der Waals surface area contributed by atoms with E-state index in [0.717, 1.165) is 17.1 Å². The first-order valence-electron chi connectivity index (χ1n) is 6.44. The smallest absolute Gasteiger partial charge is 0.262 e. The number of nitrogens with zero attached hydrogens (tertiary/aromatic N) is 3. The Kier molecular flexibility index (Phi) is 3.32. The van der Waals surface area contributed by atoms with E-state index in [2.05, 4.69) is 14.8 Å². The van der Waals surface area contributed by atoms with Crippen LogP contribution < -0.4 is 4.72 Å². The first-order valence-corrected chi connectivity index (χ1v) is 7.93. The highest BCUT2D eigenvalue weighted by atomic mass is 32.2. The molecule has 1 N–H and O–H groups in total. The molecular weight excluding hydrogens is 307 g/mol.